The molecule has 5 nitrogen and oxygen atoms in total. The topological polar surface area (TPSA) is 86.6 Å². The lowest BCUT2D eigenvalue weighted by molar-refractivity contribution is -0.133. The van der Waals surface area contributed by atoms with E-state index in [1.807, 2.05) is 55.5 Å². The molecule has 5 heteroatoms. The van der Waals surface area contributed by atoms with Crippen LogP contribution in [0.25, 0.3) is 11.6 Å². The molecular formula is C24H23NO4. The Morgan fingerprint density at radius 2 is 1.38 bits per heavy atom. The van der Waals surface area contributed by atoms with Crippen molar-refractivity contribution in [3.63, 3.8) is 0 Å². The lowest BCUT2D eigenvalue weighted by Crippen LogP contribution is -2.31. The van der Waals surface area contributed by atoms with Crippen LogP contribution in [0, 0.1) is 0 Å². The minimum atomic E-state index is -1.13. The molecular weight excluding hydrogens is 366 g/mol. The number of carboxylic acids is 2. The highest BCUT2D eigenvalue weighted by Gasteiger charge is 2.37. The number of hydrogen-bond donors (Lipinski definition) is 3. The molecule has 3 N–H and O–H groups in total. The first-order valence-corrected chi connectivity index (χ1v) is 9.29. The average Bonchev–Trinajstić information content (AvgIpc) is 2.67. The van der Waals surface area contributed by atoms with Gasteiger partial charge in [-0.05, 0) is 43.0 Å². The molecule has 0 amide bonds. The van der Waals surface area contributed by atoms with Crippen LogP contribution in [0.3, 0.4) is 0 Å². The summed E-state index contributed by atoms with van der Waals surface area (Å²) in [6.45, 7) is 5.30. The molecule has 2 aromatic rings. The fraction of sp³-hybridized carbons (Fsp3) is 0.167. The van der Waals surface area contributed by atoms with Gasteiger partial charge in [0.1, 0.15) is 0 Å². The third kappa shape index (κ3) is 3.99. The minimum absolute atomic E-state index is 0.0474. The van der Waals surface area contributed by atoms with E-state index in [4.69, 9.17) is 0 Å². The van der Waals surface area contributed by atoms with E-state index >= 15 is 0 Å². The third-order valence-corrected chi connectivity index (χ3v) is 5.13. The number of rotatable bonds is 5. The van der Waals surface area contributed by atoms with Gasteiger partial charge in [0.25, 0.3) is 0 Å². The lowest BCUT2D eigenvalue weighted by Gasteiger charge is -2.29. The first-order valence-electron chi connectivity index (χ1n) is 9.29. The average molecular weight is 389 g/mol. The van der Waals surface area contributed by atoms with Crippen molar-refractivity contribution in [2.75, 3.05) is 0 Å². The van der Waals surface area contributed by atoms with Crippen molar-refractivity contribution in [2.24, 2.45) is 0 Å². The second kappa shape index (κ2) is 8.19. The minimum Gasteiger partial charge on any atom is -0.478 e. The van der Waals surface area contributed by atoms with Crippen LogP contribution in [-0.2, 0) is 9.59 Å². The van der Waals surface area contributed by atoms with Crippen LogP contribution in [0.15, 0.2) is 77.1 Å². The molecule has 1 aliphatic rings. The molecule has 0 unspecified atom stereocenters. The summed E-state index contributed by atoms with van der Waals surface area (Å²) in [4.78, 5) is 24.1. The van der Waals surface area contributed by atoms with E-state index in [2.05, 4.69) is 5.32 Å². The largest absolute Gasteiger partial charge is 0.478 e. The molecule has 0 bridgehead atoms. The summed E-state index contributed by atoms with van der Waals surface area (Å²) in [6, 6.07) is 17.2. The summed E-state index contributed by atoms with van der Waals surface area (Å²) in [7, 11) is 0. The van der Waals surface area contributed by atoms with Crippen LogP contribution in [0.2, 0.25) is 0 Å². The molecule has 3 rings (SSSR count). The van der Waals surface area contributed by atoms with Crippen LogP contribution in [0.5, 0.6) is 0 Å². The van der Waals surface area contributed by atoms with Crippen LogP contribution in [0.4, 0.5) is 0 Å². The van der Waals surface area contributed by atoms with Crippen molar-refractivity contribution in [3.05, 3.63) is 93.8 Å². The maximum absolute atomic E-state index is 12.0. The Morgan fingerprint density at radius 3 is 1.93 bits per heavy atom. The predicted molar refractivity (Wildman–Crippen MR) is 113 cm³/mol. The Kier molecular flexibility index (Phi) is 5.69. The SMILES string of the molecule is CC1=C(C(=O)O)C(c2ccccc2/C=C(\C)c2ccccc2)C(C(=O)O)=C(C)N1. The molecule has 0 saturated heterocycles. The molecule has 0 atom stereocenters. The highest BCUT2D eigenvalue weighted by molar-refractivity contribution is 5.99. The number of allylic oxidation sites excluding steroid dienone is 3. The van der Waals surface area contributed by atoms with Crippen molar-refractivity contribution in [1.82, 2.24) is 5.32 Å². The molecule has 0 saturated carbocycles. The van der Waals surface area contributed by atoms with Crippen LogP contribution >= 0.6 is 0 Å². The number of carboxylic acid groups (broad SMARTS) is 2. The summed E-state index contributed by atoms with van der Waals surface area (Å²) in [6.07, 6.45) is 1.97. The third-order valence-electron chi connectivity index (χ3n) is 5.13. The van der Waals surface area contributed by atoms with Gasteiger partial charge in [0.05, 0.1) is 17.1 Å². The number of carbonyl (C=O) groups is 2. The standard InChI is InChI=1S/C24H23NO4/c1-14(17-9-5-4-6-10-17)13-18-11-7-8-12-19(18)22-20(23(26)27)15(2)25-16(3)21(22)24(28)29/h4-13,22,25H,1-3H3,(H,26,27)(H,28,29)/b14-13+. The van der Waals surface area contributed by atoms with Crippen LogP contribution in [-0.4, -0.2) is 22.2 Å². The number of aliphatic carboxylic acids is 2. The Labute approximate surface area is 169 Å². The number of hydrogen-bond acceptors (Lipinski definition) is 3. The van der Waals surface area contributed by atoms with E-state index in [0.717, 1.165) is 16.7 Å². The van der Waals surface area contributed by atoms with E-state index in [9.17, 15) is 19.8 Å². The van der Waals surface area contributed by atoms with Gasteiger partial charge in [0.15, 0.2) is 0 Å². The Hall–Kier alpha value is -3.60. The first-order chi connectivity index (χ1) is 13.8. The quantitative estimate of drug-likeness (QED) is 0.648. The van der Waals surface area contributed by atoms with Gasteiger partial charge in [0, 0.05) is 11.4 Å². The van der Waals surface area contributed by atoms with Crippen LogP contribution in [0.1, 0.15) is 43.4 Å². The van der Waals surface area contributed by atoms with Crippen molar-refractivity contribution >= 4 is 23.6 Å². The molecule has 148 valence electrons. The Balaban J connectivity index is 2.22. The van der Waals surface area contributed by atoms with E-state index < -0.39 is 17.9 Å². The second-order valence-corrected chi connectivity index (χ2v) is 7.07. The normalized spacial score (nSPS) is 15.3. The van der Waals surface area contributed by atoms with Crippen molar-refractivity contribution in [1.29, 1.82) is 0 Å². The van der Waals surface area contributed by atoms with E-state index in [1.54, 1.807) is 26.0 Å². The van der Waals surface area contributed by atoms with E-state index in [-0.39, 0.29) is 11.1 Å². The molecule has 29 heavy (non-hydrogen) atoms. The maximum Gasteiger partial charge on any atom is 0.334 e. The number of benzene rings is 2. The Morgan fingerprint density at radius 1 is 0.862 bits per heavy atom. The fourth-order valence-electron chi connectivity index (χ4n) is 3.79. The smallest absolute Gasteiger partial charge is 0.334 e. The number of dihydropyridines is 1. The van der Waals surface area contributed by atoms with E-state index in [0.29, 0.717) is 17.0 Å². The summed E-state index contributed by atoms with van der Waals surface area (Å²) in [5.41, 5.74) is 4.48. The fourth-order valence-corrected chi connectivity index (χ4v) is 3.79. The molecule has 0 radical (unpaired) electrons. The zero-order valence-corrected chi connectivity index (χ0v) is 16.6. The van der Waals surface area contributed by atoms with Gasteiger partial charge in [-0.1, -0.05) is 60.7 Å². The number of nitrogens with one attached hydrogen (secondary N) is 1. The molecule has 0 fully saturated rings. The highest BCUT2D eigenvalue weighted by Crippen LogP contribution is 2.40. The summed E-state index contributed by atoms with van der Waals surface area (Å²) >= 11 is 0. The molecule has 0 aliphatic carbocycles. The summed E-state index contributed by atoms with van der Waals surface area (Å²) in [5.74, 6) is -3.14. The van der Waals surface area contributed by atoms with Gasteiger partial charge in [-0.15, -0.1) is 0 Å². The second-order valence-electron chi connectivity index (χ2n) is 7.07. The zero-order chi connectivity index (χ0) is 21.1. The van der Waals surface area contributed by atoms with Gasteiger partial charge in [-0.25, -0.2) is 9.59 Å². The molecule has 0 aromatic heterocycles. The monoisotopic (exact) mass is 389 g/mol. The van der Waals surface area contributed by atoms with Crippen molar-refractivity contribution in [2.45, 2.75) is 26.7 Å². The lowest BCUT2D eigenvalue weighted by atomic mass is 9.78. The summed E-state index contributed by atoms with van der Waals surface area (Å²) < 4.78 is 0. The zero-order valence-electron chi connectivity index (χ0n) is 16.6. The Bertz CT molecular complexity index is 1030. The maximum atomic E-state index is 12.0. The highest BCUT2D eigenvalue weighted by atomic mass is 16.4. The van der Waals surface area contributed by atoms with Gasteiger partial charge < -0.3 is 15.5 Å². The van der Waals surface area contributed by atoms with Crippen molar-refractivity contribution < 1.29 is 19.8 Å². The van der Waals surface area contributed by atoms with Gasteiger partial charge in [0.2, 0.25) is 0 Å². The van der Waals surface area contributed by atoms with Crippen molar-refractivity contribution in [3.8, 4) is 0 Å². The van der Waals surface area contributed by atoms with Gasteiger partial charge in [-0.3, -0.25) is 0 Å². The molecule has 0 spiro atoms. The first kappa shape index (κ1) is 20.1. The summed E-state index contributed by atoms with van der Waals surface area (Å²) in [5, 5.41) is 22.6. The van der Waals surface area contributed by atoms with Gasteiger partial charge in [-0.2, -0.15) is 0 Å². The molecule has 2 aromatic carbocycles. The van der Waals surface area contributed by atoms with E-state index in [1.165, 1.54) is 0 Å². The molecule has 1 heterocycles. The van der Waals surface area contributed by atoms with Gasteiger partial charge >= 0.3 is 11.9 Å². The molecule has 1 aliphatic heterocycles. The predicted octanol–water partition coefficient (Wildman–Crippen LogP) is 4.65. The van der Waals surface area contributed by atoms with Crippen LogP contribution < -0.4 is 5.32 Å².